The molecule has 0 amide bonds. The van der Waals surface area contributed by atoms with E-state index < -0.39 is 0 Å². The van der Waals surface area contributed by atoms with Gasteiger partial charge in [0.2, 0.25) is 0 Å². The third-order valence-corrected chi connectivity index (χ3v) is 2.62. The van der Waals surface area contributed by atoms with E-state index in [9.17, 15) is 5.11 Å². The van der Waals surface area contributed by atoms with Crippen molar-refractivity contribution in [3.8, 4) is 0 Å². The summed E-state index contributed by atoms with van der Waals surface area (Å²) in [5.41, 5.74) is 0. The first-order valence-corrected chi connectivity index (χ1v) is 4.49. The van der Waals surface area contributed by atoms with E-state index in [0.717, 1.165) is 0 Å². The Hall–Kier alpha value is -0.160. The molecule has 1 fully saturated rings. The van der Waals surface area contributed by atoms with Gasteiger partial charge in [-0.25, -0.2) is 0 Å². The van der Waals surface area contributed by atoms with Crippen LogP contribution in [0.3, 0.4) is 0 Å². The molecular weight excluding hydrogens is 172 g/mol. The fraction of sp³-hybridized carbons (Fsp3) is 1.00. The van der Waals surface area contributed by atoms with Crippen molar-refractivity contribution >= 4 is 0 Å². The minimum atomic E-state index is -0.346. The highest BCUT2D eigenvalue weighted by molar-refractivity contribution is 4.88. The summed E-state index contributed by atoms with van der Waals surface area (Å²) in [6.07, 6.45) is 0.682. The number of ether oxygens (including phenoxy) is 3. The molecule has 13 heavy (non-hydrogen) atoms. The van der Waals surface area contributed by atoms with Crippen LogP contribution >= 0.6 is 0 Å². The molecule has 0 saturated heterocycles. The van der Waals surface area contributed by atoms with Gasteiger partial charge in [0.25, 0.3) is 0 Å². The third-order valence-electron chi connectivity index (χ3n) is 2.62. The van der Waals surface area contributed by atoms with E-state index in [1.165, 1.54) is 0 Å². The fourth-order valence-electron chi connectivity index (χ4n) is 1.90. The van der Waals surface area contributed by atoms with Crippen molar-refractivity contribution in [3.63, 3.8) is 0 Å². The Kier molecular flexibility index (Phi) is 4.12. The van der Waals surface area contributed by atoms with Gasteiger partial charge in [-0.2, -0.15) is 0 Å². The van der Waals surface area contributed by atoms with Gasteiger partial charge in [-0.1, -0.05) is 0 Å². The Morgan fingerprint density at radius 2 is 1.38 bits per heavy atom. The number of hydrogen-bond donors (Lipinski definition) is 1. The number of hydrogen-bond acceptors (Lipinski definition) is 4. The van der Waals surface area contributed by atoms with Gasteiger partial charge >= 0.3 is 0 Å². The smallest absolute Gasteiger partial charge is 0.109 e. The molecule has 0 heterocycles. The average molecular weight is 190 g/mol. The lowest BCUT2D eigenvalue weighted by Gasteiger charge is -2.37. The zero-order valence-corrected chi connectivity index (χ0v) is 8.40. The second kappa shape index (κ2) is 4.91. The quantitative estimate of drug-likeness (QED) is 0.690. The fourth-order valence-corrected chi connectivity index (χ4v) is 1.90. The summed E-state index contributed by atoms with van der Waals surface area (Å²) in [5.74, 6) is 0. The molecule has 4 heteroatoms. The molecule has 1 saturated carbocycles. The van der Waals surface area contributed by atoms with Gasteiger partial charge in [0.15, 0.2) is 0 Å². The van der Waals surface area contributed by atoms with Crippen LogP contribution < -0.4 is 0 Å². The molecule has 4 nitrogen and oxygen atoms in total. The summed E-state index contributed by atoms with van der Waals surface area (Å²) in [6, 6.07) is 0. The van der Waals surface area contributed by atoms with Crippen molar-refractivity contribution in [1.29, 1.82) is 0 Å². The predicted octanol–water partition coefficient (Wildman–Crippen LogP) is 0.186. The van der Waals surface area contributed by atoms with Gasteiger partial charge < -0.3 is 19.3 Å². The lowest BCUT2D eigenvalue weighted by Crippen LogP contribution is -2.49. The Morgan fingerprint density at radius 1 is 0.923 bits per heavy atom. The van der Waals surface area contributed by atoms with Crippen LogP contribution in [0, 0.1) is 0 Å². The van der Waals surface area contributed by atoms with Crippen LogP contribution in [0.5, 0.6) is 0 Å². The van der Waals surface area contributed by atoms with Crippen LogP contribution in [0.1, 0.15) is 12.8 Å². The molecule has 1 aliphatic rings. The van der Waals surface area contributed by atoms with Crippen LogP contribution in [-0.2, 0) is 14.2 Å². The summed E-state index contributed by atoms with van der Waals surface area (Å²) >= 11 is 0. The minimum Gasteiger partial charge on any atom is -0.393 e. The van der Waals surface area contributed by atoms with Gasteiger partial charge in [-0.15, -0.1) is 0 Å². The van der Waals surface area contributed by atoms with E-state index in [4.69, 9.17) is 14.2 Å². The van der Waals surface area contributed by atoms with Crippen LogP contribution in [0.25, 0.3) is 0 Å². The monoisotopic (exact) mass is 190 g/mol. The van der Waals surface area contributed by atoms with Gasteiger partial charge in [0.05, 0.1) is 18.3 Å². The van der Waals surface area contributed by atoms with E-state index in [-0.39, 0.29) is 24.4 Å². The van der Waals surface area contributed by atoms with Crippen LogP contribution in [-0.4, -0.2) is 50.9 Å². The largest absolute Gasteiger partial charge is 0.393 e. The maximum Gasteiger partial charge on any atom is 0.109 e. The summed E-state index contributed by atoms with van der Waals surface area (Å²) in [7, 11) is 4.89. The first-order chi connectivity index (χ1) is 6.22. The van der Waals surface area contributed by atoms with Crippen molar-refractivity contribution in [2.24, 2.45) is 0 Å². The number of aliphatic hydroxyl groups excluding tert-OH is 1. The molecule has 1 rings (SSSR count). The first kappa shape index (κ1) is 10.9. The van der Waals surface area contributed by atoms with Gasteiger partial charge in [0.1, 0.15) is 6.10 Å². The minimum absolute atomic E-state index is 0.0706. The molecular formula is C9H18O4. The van der Waals surface area contributed by atoms with Crippen LogP contribution in [0.15, 0.2) is 0 Å². The van der Waals surface area contributed by atoms with E-state index in [1.807, 2.05) is 0 Å². The molecule has 0 bridgehead atoms. The molecule has 2 unspecified atom stereocenters. The Morgan fingerprint density at radius 3 is 1.69 bits per heavy atom. The molecule has 0 aliphatic heterocycles. The molecule has 2 atom stereocenters. The van der Waals surface area contributed by atoms with Crippen molar-refractivity contribution in [1.82, 2.24) is 0 Å². The Labute approximate surface area is 78.8 Å². The normalized spacial score (nSPS) is 40.6. The topological polar surface area (TPSA) is 47.9 Å². The second-order valence-electron chi connectivity index (χ2n) is 3.37. The van der Waals surface area contributed by atoms with Crippen LogP contribution in [0.2, 0.25) is 0 Å². The third kappa shape index (κ3) is 2.40. The number of aliphatic hydroxyl groups is 1. The summed E-state index contributed by atoms with van der Waals surface area (Å²) in [5, 5.41) is 9.51. The Balaban J connectivity index is 2.61. The molecule has 0 aromatic carbocycles. The lowest BCUT2D eigenvalue weighted by atomic mass is 9.89. The van der Waals surface area contributed by atoms with E-state index in [2.05, 4.69) is 0 Å². The van der Waals surface area contributed by atoms with E-state index in [0.29, 0.717) is 12.8 Å². The Bertz CT molecular complexity index is 137. The summed E-state index contributed by atoms with van der Waals surface area (Å²) < 4.78 is 15.7. The highest BCUT2D eigenvalue weighted by atomic mass is 16.6. The van der Waals surface area contributed by atoms with Crippen LogP contribution in [0.4, 0.5) is 0 Å². The molecule has 1 aliphatic carbocycles. The van der Waals surface area contributed by atoms with E-state index >= 15 is 0 Å². The molecule has 0 aromatic rings. The zero-order valence-electron chi connectivity index (χ0n) is 8.40. The van der Waals surface area contributed by atoms with Gasteiger partial charge in [-0.05, 0) is 0 Å². The van der Waals surface area contributed by atoms with Gasteiger partial charge in [0, 0.05) is 34.2 Å². The van der Waals surface area contributed by atoms with Gasteiger partial charge in [-0.3, -0.25) is 0 Å². The SMILES string of the molecule is COC1CC(O)CC(OC)C1OC. The van der Waals surface area contributed by atoms with Crippen molar-refractivity contribution in [3.05, 3.63) is 0 Å². The summed E-state index contributed by atoms with van der Waals surface area (Å²) in [4.78, 5) is 0. The average Bonchev–Trinajstić information content (AvgIpc) is 2.16. The molecule has 0 aromatic heterocycles. The van der Waals surface area contributed by atoms with Crippen molar-refractivity contribution in [2.45, 2.75) is 37.3 Å². The molecule has 0 spiro atoms. The summed E-state index contributed by atoms with van der Waals surface area (Å²) in [6.45, 7) is 0. The molecule has 78 valence electrons. The molecule has 0 radical (unpaired) electrons. The van der Waals surface area contributed by atoms with Crippen molar-refractivity contribution in [2.75, 3.05) is 21.3 Å². The molecule has 1 N–H and O–H groups in total. The second-order valence-corrected chi connectivity index (χ2v) is 3.37. The lowest BCUT2D eigenvalue weighted by molar-refractivity contribution is -0.152. The standard InChI is InChI=1S/C9H18O4/c1-11-7-4-6(10)5-8(12-2)9(7)13-3/h6-10H,4-5H2,1-3H3. The van der Waals surface area contributed by atoms with E-state index in [1.54, 1.807) is 21.3 Å². The first-order valence-electron chi connectivity index (χ1n) is 4.49. The number of rotatable bonds is 3. The maximum absolute atomic E-state index is 9.51. The maximum atomic E-state index is 9.51. The highest BCUT2D eigenvalue weighted by Crippen LogP contribution is 2.25. The predicted molar refractivity (Wildman–Crippen MR) is 47.6 cm³/mol. The van der Waals surface area contributed by atoms with Crippen molar-refractivity contribution < 1.29 is 19.3 Å². The highest BCUT2D eigenvalue weighted by Gasteiger charge is 2.37. The number of methoxy groups -OCH3 is 3. The zero-order chi connectivity index (χ0) is 9.84.